The molecule has 3 aromatic rings. The Labute approximate surface area is 211 Å². The average Bonchev–Trinajstić information content (AvgIpc) is 3.20. The second kappa shape index (κ2) is 11.0. The lowest BCUT2D eigenvalue weighted by atomic mass is 9.92. The van der Waals surface area contributed by atoms with Gasteiger partial charge in [-0.1, -0.05) is 24.3 Å². The smallest absolute Gasteiger partial charge is 0.311 e. The van der Waals surface area contributed by atoms with Gasteiger partial charge in [0.15, 0.2) is 0 Å². The van der Waals surface area contributed by atoms with Gasteiger partial charge >= 0.3 is 5.97 Å². The Balaban J connectivity index is 1.45. The van der Waals surface area contributed by atoms with Gasteiger partial charge in [-0.15, -0.1) is 0 Å². The van der Waals surface area contributed by atoms with E-state index in [1.54, 1.807) is 87.0 Å². The van der Waals surface area contributed by atoms with E-state index >= 15 is 0 Å². The van der Waals surface area contributed by atoms with Crippen LogP contribution < -0.4 is 19.5 Å². The maximum atomic E-state index is 12.0. The maximum Gasteiger partial charge on any atom is 0.311 e. The number of carboxylic acid groups (broad SMARTS) is 1. The summed E-state index contributed by atoms with van der Waals surface area (Å²) in [5.41, 5.74) is 2.18. The highest BCUT2D eigenvalue weighted by Crippen LogP contribution is 2.30. The molecule has 1 fully saturated rings. The number of rotatable bonds is 9. The number of hydrogen-bond donors (Lipinski definition) is 2. The summed E-state index contributed by atoms with van der Waals surface area (Å²) in [4.78, 5) is 35.3. The van der Waals surface area contributed by atoms with Crippen molar-refractivity contribution >= 4 is 35.0 Å². The molecule has 1 aliphatic rings. The van der Waals surface area contributed by atoms with Crippen molar-refractivity contribution < 1.29 is 33.7 Å². The van der Waals surface area contributed by atoms with Gasteiger partial charge in [0.2, 0.25) is 0 Å². The molecule has 0 bridgehead atoms. The summed E-state index contributed by atoms with van der Waals surface area (Å²) in [6, 6.07) is 19.3. The first-order chi connectivity index (χ1) is 17.3. The van der Waals surface area contributed by atoms with Crippen LogP contribution in [0.4, 0.5) is 4.79 Å². The molecule has 1 atom stereocenters. The largest absolute Gasteiger partial charge is 0.497 e. The number of carboxylic acids is 1. The van der Waals surface area contributed by atoms with E-state index in [2.05, 4.69) is 5.32 Å². The lowest BCUT2D eigenvalue weighted by Gasteiger charge is -2.15. The molecule has 0 radical (unpaired) electrons. The molecule has 0 aliphatic carbocycles. The van der Waals surface area contributed by atoms with Crippen LogP contribution >= 0.6 is 11.8 Å². The lowest BCUT2D eigenvalue weighted by molar-refractivity contribution is -0.138. The molecule has 8 nitrogen and oxygen atoms in total. The molecule has 2 amide bonds. The van der Waals surface area contributed by atoms with E-state index in [-0.39, 0.29) is 11.7 Å². The Kier molecular flexibility index (Phi) is 7.60. The first-order valence-corrected chi connectivity index (χ1v) is 11.7. The summed E-state index contributed by atoms with van der Waals surface area (Å²) in [5.74, 6) is 0.204. The van der Waals surface area contributed by atoms with Crippen molar-refractivity contribution in [3.8, 4) is 23.0 Å². The topological polar surface area (TPSA) is 111 Å². The summed E-state index contributed by atoms with van der Waals surface area (Å²) in [6.45, 7) is 0. The maximum absolute atomic E-state index is 12.0. The molecule has 4 rings (SSSR count). The fourth-order valence-corrected chi connectivity index (χ4v) is 4.36. The Morgan fingerprint density at radius 2 is 1.50 bits per heavy atom. The van der Waals surface area contributed by atoms with Crippen LogP contribution in [-0.2, 0) is 16.0 Å². The number of carbonyl (C=O) groups is 3. The predicted octanol–water partition coefficient (Wildman–Crippen LogP) is 5.23. The number of aliphatic carboxylic acids is 1. The average molecular weight is 506 g/mol. The van der Waals surface area contributed by atoms with E-state index < -0.39 is 17.8 Å². The third kappa shape index (κ3) is 6.05. The van der Waals surface area contributed by atoms with Crippen molar-refractivity contribution in [1.29, 1.82) is 0 Å². The molecule has 0 spiro atoms. The van der Waals surface area contributed by atoms with Crippen molar-refractivity contribution in [2.75, 3.05) is 14.2 Å². The van der Waals surface area contributed by atoms with E-state index in [9.17, 15) is 19.5 Å². The van der Waals surface area contributed by atoms with Gasteiger partial charge in [0.25, 0.3) is 11.1 Å². The molecule has 184 valence electrons. The number of imide groups is 1. The number of benzene rings is 3. The normalized spacial score (nSPS) is 14.9. The third-order valence-corrected chi connectivity index (χ3v) is 6.30. The summed E-state index contributed by atoms with van der Waals surface area (Å²) in [7, 11) is 3.10. The van der Waals surface area contributed by atoms with E-state index in [1.807, 2.05) is 0 Å². The molecule has 1 heterocycles. The second-order valence-corrected chi connectivity index (χ2v) is 8.92. The zero-order chi connectivity index (χ0) is 25.7. The van der Waals surface area contributed by atoms with Crippen molar-refractivity contribution in [1.82, 2.24) is 5.32 Å². The summed E-state index contributed by atoms with van der Waals surface area (Å²) in [6.07, 6.45) is 1.90. The Bertz CT molecular complexity index is 1290. The number of methoxy groups -OCH3 is 2. The van der Waals surface area contributed by atoms with Crippen molar-refractivity contribution in [3.63, 3.8) is 0 Å². The number of thioether (sulfide) groups is 1. The number of carbonyl (C=O) groups excluding carboxylic acids is 2. The minimum absolute atomic E-state index is 0.266. The van der Waals surface area contributed by atoms with Gasteiger partial charge in [-0.05, 0) is 77.3 Å². The van der Waals surface area contributed by atoms with Crippen LogP contribution in [0.5, 0.6) is 23.0 Å². The highest BCUT2D eigenvalue weighted by Gasteiger charge is 2.25. The molecule has 1 unspecified atom stereocenters. The molecule has 2 N–H and O–H groups in total. The van der Waals surface area contributed by atoms with Crippen LogP contribution in [0, 0.1) is 0 Å². The SMILES string of the molecule is COc1cc(CC(C(=O)O)c2ccc(Oc3ccc(/C=C4\SC(=O)NC4=O)cc3)cc2)cc(OC)c1. The van der Waals surface area contributed by atoms with E-state index in [1.165, 1.54) is 0 Å². The fourth-order valence-electron chi connectivity index (χ4n) is 3.68. The quantitative estimate of drug-likeness (QED) is 0.380. The van der Waals surface area contributed by atoms with Gasteiger partial charge in [-0.3, -0.25) is 19.7 Å². The van der Waals surface area contributed by atoms with Crippen LogP contribution in [-0.4, -0.2) is 36.4 Å². The number of hydrogen-bond acceptors (Lipinski definition) is 7. The van der Waals surface area contributed by atoms with Gasteiger partial charge in [0.05, 0.1) is 25.0 Å². The van der Waals surface area contributed by atoms with E-state index in [0.29, 0.717) is 33.5 Å². The predicted molar refractivity (Wildman–Crippen MR) is 136 cm³/mol. The van der Waals surface area contributed by atoms with Gasteiger partial charge in [0.1, 0.15) is 23.0 Å². The van der Waals surface area contributed by atoms with Crippen LogP contribution in [0.25, 0.3) is 6.08 Å². The number of ether oxygens (including phenoxy) is 3. The minimum atomic E-state index is -0.939. The lowest BCUT2D eigenvalue weighted by Crippen LogP contribution is -2.17. The van der Waals surface area contributed by atoms with Gasteiger partial charge in [-0.2, -0.15) is 0 Å². The Morgan fingerprint density at radius 3 is 2.00 bits per heavy atom. The Morgan fingerprint density at radius 1 is 0.917 bits per heavy atom. The molecule has 3 aromatic carbocycles. The van der Waals surface area contributed by atoms with Crippen molar-refractivity contribution in [2.45, 2.75) is 12.3 Å². The van der Waals surface area contributed by atoms with Crippen LogP contribution in [0.3, 0.4) is 0 Å². The fraction of sp³-hybridized carbons (Fsp3) is 0.148. The summed E-state index contributed by atoms with van der Waals surface area (Å²) < 4.78 is 16.5. The zero-order valence-corrected chi connectivity index (χ0v) is 20.3. The minimum Gasteiger partial charge on any atom is -0.497 e. The van der Waals surface area contributed by atoms with Crippen LogP contribution in [0.2, 0.25) is 0 Å². The number of amides is 2. The monoisotopic (exact) mass is 505 g/mol. The van der Waals surface area contributed by atoms with E-state index in [0.717, 1.165) is 22.9 Å². The summed E-state index contributed by atoms with van der Waals surface area (Å²) in [5, 5.41) is 11.7. The van der Waals surface area contributed by atoms with Crippen LogP contribution in [0.1, 0.15) is 22.6 Å². The molecule has 0 saturated carbocycles. The molecular formula is C27H23NO7S. The molecule has 36 heavy (non-hydrogen) atoms. The number of nitrogens with one attached hydrogen (secondary N) is 1. The molecule has 0 aromatic heterocycles. The first kappa shape index (κ1) is 24.9. The highest BCUT2D eigenvalue weighted by atomic mass is 32.2. The molecule has 1 aliphatic heterocycles. The van der Waals surface area contributed by atoms with Crippen LogP contribution in [0.15, 0.2) is 71.6 Å². The second-order valence-electron chi connectivity index (χ2n) is 7.91. The molecule has 9 heteroatoms. The standard InChI is InChI=1S/C27H23NO7S/c1-33-21-11-17(12-22(15-21)34-2)13-23(26(30)31)18-5-9-20(10-6-18)35-19-7-3-16(4-8-19)14-24-25(29)28-27(32)36-24/h3-12,14-15,23H,13H2,1-2H3,(H,30,31)(H,28,29,32)/b24-14-. The van der Waals surface area contributed by atoms with E-state index in [4.69, 9.17) is 14.2 Å². The van der Waals surface area contributed by atoms with Crippen molar-refractivity contribution in [3.05, 3.63) is 88.3 Å². The zero-order valence-electron chi connectivity index (χ0n) is 19.5. The highest BCUT2D eigenvalue weighted by molar-refractivity contribution is 8.18. The van der Waals surface area contributed by atoms with Gasteiger partial charge < -0.3 is 19.3 Å². The first-order valence-electron chi connectivity index (χ1n) is 10.9. The third-order valence-electron chi connectivity index (χ3n) is 5.49. The summed E-state index contributed by atoms with van der Waals surface area (Å²) >= 11 is 0.861. The van der Waals surface area contributed by atoms with Gasteiger partial charge in [0, 0.05) is 6.07 Å². The van der Waals surface area contributed by atoms with Gasteiger partial charge in [-0.25, -0.2) is 0 Å². The Hall–Kier alpha value is -4.24. The van der Waals surface area contributed by atoms with Crippen molar-refractivity contribution in [2.24, 2.45) is 0 Å². The molecular weight excluding hydrogens is 482 g/mol. The molecule has 1 saturated heterocycles.